The molecule has 0 radical (unpaired) electrons. The van der Waals surface area contributed by atoms with E-state index in [9.17, 15) is 0 Å². The Morgan fingerprint density at radius 1 is 1.25 bits per heavy atom. The first-order valence-electron chi connectivity index (χ1n) is 7.95. The Labute approximate surface area is 126 Å². The molecule has 3 atom stereocenters. The van der Waals surface area contributed by atoms with Gasteiger partial charge in [-0.15, -0.1) is 11.3 Å². The zero-order valence-electron chi connectivity index (χ0n) is 12.7. The average molecular weight is 293 g/mol. The molecule has 2 saturated heterocycles. The molecule has 2 fully saturated rings. The summed E-state index contributed by atoms with van der Waals surface area (Å²) >= 11 is 1.91. The third-order valence-electron chi connectivity index (χ3n) is 4.81. The van der Waals surface area contributed by atoms with Crippen LogP contribution in [0.15, 0.2) is 12.1 Å². The van der Waals surface area contributed by atoms with Crippen LogP contribution in [-0.2, 0) is 0 Å². The largest absolute Gasteiger partial charge is 0.326 e. The van der Waals surface area contributed by atoms with Gasteiger partial charge in [-0.25, -0.2) is 0 Å². The van der Waals surface area contributed by atoms with Gasteiger partial charge in [-0.3, -0.25) is 9.80 Å². The number of piperidine rings is 1. The van der Waals surface area contributed by atoms with Crippen LogP contribution in [0.1, 0.15) is 42.0 Å². The monoisotopic (exact) mass is 293 g/mol. The van der Waals surface area contributed by atoms with E-state index in [1.807, 2.05) is 11.3 Å². The van der Waals surface area contributed by atoms with Gasteiger partial charge >= 0.3 is 0 Å². The van der Waals surface area contributed by atoms with Crippen LogP contribution in [-0.4, -0.2) is 48.1 Å². The van der Waals surface area contributed by atoms with Crippen LogP contribution in [0.25, 0.3) is 0 Å². The molecule has 2 N–H and O–H groups in total. The minimum absolute atomic E-state index is 0.197. The minimum atomic E-state index is 0.197. The van der Waals surface area contributed by atoms with Crippen molar-refractivity contribution in [2.24, 2.45) is 5.73 Å². The van der Waals surface area contributed by atoms with E-state index in [0.717, 1.165) is 6.04 Å². The van der Waals surface area contributed by atoms with E-state index in [1.54, 1.807) is 0 Å². The van der Waals surface area contributed by atoms with E-state index in [0.29, 0.717) is 6.04 Å². The summed E-state index contributed by atoms with van der Waals surface area (Å²) in [6.45, 7) is 9.24. The number of piperazine rings is 1. The van der Waals surface area contributed by atoms with Gasteiger partial charge in [-0.1, -0.05) is 6.42 Å². The van der Waals surface area contributed by atoms with Crippen LogP contribution in [0.5, 0.6) is 0 Å². The molecule has 1 aromatic rings. The molecule has 0 aromatic carbocycles. The molecule has 20 heavy (non-hydrogen) atoms. The highest BCUT2D eigenvalue weighted by atomic mass is 32.1. The fraction of sp³-hybridized carbons (Fsp3) is 0.750. The highest BCUT2D eigenvalue weighted by Crippen LogP contribution is 2.32. The summed E-state index contributed by atoms with van der Waals surface area (Å²) in [5.74, 6) is 0. The van der Waals surface area contributed by atoms with Gasteiger partial charge in [0.1, 0.15) is 0 Å². The van der Waals surface area contributed by atoms with Gasteiger partial charge in [0.05, 0.1) is 6.04 Å². The Kier molecular flexibility index (Phi) is 4.46. The van der Waals surface area contributed by atoms with Gasteiger partial charge in [0.25, 0.3) is 0 Å². The summed E-state index contributed by atoms with van der Waals surface area (Å²) in [7, 11) is 0. The lowest BCUT2D eigenvalue weighted by atomic mass is 9.97. The first-order chi connectivity index (χ1) is 9.65. The predicted molar refractivity (Wildman–Crippen MR) is 86.2 cm³/mol. The molecule has 1 aromatic heterocycles. The van der Waals surface area contributed by atoms with E-state index < -0.39 is 0 Å². The van der Waals surface area contributed by atoms with Crippen molar-refractivity contribution >= 4 is 11.3 Å². The summed E-state index contributed by atoms with van der Waals surface area (Å²) in [4.78, 5) is 8.17. The minimum Gasteiger partial charge on any atom is -0.326 e. The van der Waals surface area contributed by atoms with Crippen LogP contribution >= 0.6 is 11.3 Å². The molecule has 2 aliphatic heterocycles. The molecule has 3 heterocycles. The first kappa shape index (κ1) is 14.5. The SMILES string of the molecule is Cc1ccc(C(C(C)N)N2CCN3CCCCC3C2)s1. The molecule has 3 rings (SSSR count). The van der Waals surface area contributed by atoms with Gasteiger partial charge in [0, 0.05) is 41.5 Å². The summed E-state index contributed by atoms with van der Waals surface area (Å²) in [5.41, 5.74) is 6.33. The standard InChI is InChI=1S/C16H27N3S/c1-12-6-7-15(20-12)16(13(2)17)19-10-9-18-8-4-3-5-14(18)11-19/h6-7,13-14,16H,3-5,8-11,17H2,1-2H3. The van der Waals surface area contributed by atoms with Gasteiger partial charge in [-0.2, -0.15) is 0 Å². The van der Waals surface area contributed by atoms with Gasteiger partial charge < -0.3 is 5.73 Å². The number of rotatable bonds is 3. The number of hydrogen-bond donors (Lipinski definition) is 1. The zero-order valence-corrected chi connectivity index (χ0v) is 13.5. The first-order valence-corrected chi connectivity index (χ1v) is 8.77. The fourth-order valence-corrected chi connectivity index (χ4v) is 4.95. The fourth-order valence-electron chi connectivity index (χ4n) is 3.82. The Hall–Kier alpha value is -0.420. The van der Waals surface area contributed by atoms with Crippen molar-refractivity contribution in [1.82, 2.24) is 9.80 Å². The molecule has 0 spiro atoms. The number of aryl methyl sites for hydroxylation is 1. The molecular formula is C16H27N3S. The maximum atomic E-state index is 6.33. The van der Waals surface area contributed by atoms with E-state index in [-0.39, 0.29) is 6.04 Å². The van der Waals surface area contributed by atoms with Crippen molar-refractivity contribution in [1.29, 1.82) is 0 Å². The second kappa shape index (κ2) is 6.14. The van der Waals surface area contributed by atoms with E-state index in [2.05, 4.69) is 35.8 Å². The number of thiophene rings is 1. The summed E-state index contributed by atoms with van der Waals surface area (Å²) in [6.07, 6.45) is 4.15. The lowest BCUT2D eigenvalue weighted by molar-refractivity contribution is 0.0228. The summed E-state index contributed by atoms with van der Waals surface area (Å²) in [6, 6.07) is 5.87. The van der Waals surface area contributed by atoms with Crippen LogP contribution in [0, 0.1) is 6.92 Å². The Morgan fingerprint density at radius 3 is 2.80 bits per heavy atom. The maximum absolute atomic E-state index is 6.33. The average Bonchev–Trinajstić information content (AvgIpc) is 2.85. The predicted octanol–water partition coefficient (Wildman–Crippen LogP) is 2.61. The Morgan fingerprint density at radius 2 is 2.10 bits per heavy atom. The molecule has 0 bridgehead atoms. The summed E-state index contributed by atoms with van der Waals surface area (Å²) in [5, 5.41) is 0. The number of fused-ring (bicyclic) bond motifs is 1. The molecule has 0 aliphatic carbocycles. The zero-order chi connectivity index (χ0) is 14.1. The molecular weight excluding hydrogens is 266 g/mol. The van der Waals surface area contributed by atoms with Crippen LogP contribution in [0.2, 0.25) is 0 Å². The molecule has 3 nitrogen and oxygen atoms in total. The van der Waals surface area contributed by atoms with E-state index in [4.69, 9.17) is 5.73 Å². The topological polar surface area (TPSA) is 32.5 Å². The van der Waals surface area contributed by atoms with Crippen molar-refractivity contribution < 1.29 is 0 Å². The molecule has 2 aliphatic rings. The molecule has 112 valence electrons. The Balaban J connectivity index is 1.75. The lowest BCUT2D eigenvalue weighted by Gasteiger charge is -2.47. The summed E-state index contributed by atoms with van der Waals surface area (Å²) < 4.78 is 0. The van der Waals surface area contributed by atoms with Crippen LogP contribution < -0.4 is 5.73 Å². The number of hydrogen-bond acceptors (Lipinski definition) is 4. The smallest absolute Gasteiger partial charge is 0.0591 e. The van der Waals surface area contributed by atoms with E-state index in [1.165, 1.54) is 55.2 Å². The molecule has 0 amide bonds. The third kappa shape index (κ3) is 2.93. The Bertz CT molecular complexity index is 443. The van der Waals surface area contributed by atoms with Crippen molar-refractivity contribution in [2.45, 2.75) is 51.2 Å². The van der Waals surface area contributed by atoms with Gasteiger partial charge in [0.15, 0.2) is 0 Å². The van der Waals surface area contributed by atoms with Crippen LogP contribution in [0.4, 0.5) is 0 Å². The number of nitrogens with two attached hydrogens (primary N) is 1. The second-order valence-corrected chi connectivity index (χ2v) is 7.75. The van der Waals surface area contributed by atoms with Crippen molar-refractivity contribution in [3.8, 4) is 0 Å². The maximum Gasteiger partial charge on any atom is 0.0591 e. The van der Waals surface area contributed by atoms with Gasteiger partial charge in [0.2, 0.25) is 0 Å². The van der Waals surface area contributed by atoms with Crippen molar-refractivity contribution in [3.05, 3.63) is 21.9 Å². The van der Waals surface area contributed by atoms with Crippen molar-refractivity contribution in [2.75, 3.05) is 26.2 Å². The van der Waals surface area contributed by atoms with E-state index >= 15 is 0 Å². The quantitative estimate of drug-likeness (QED) is 0.930. The molecule has 4 heteroatoms. The second-order valence-electron chi connectivity index (χ2n) is 6.43. The lowest BCUT2D eigenvalue weighted by Crippen LogP contribution is -2.57. The molecule has 0 saturated carbocycles. The van der Waals surface area contributed by atoms with Crippen LogP contribution in [0.3, 0.4) is 0 Å². The highest BCUT2D eigenvalue weighted by molar-refractivity contribution is 7.12. The molecule has 3 unspecified atom stereocenters. The highest BCUT2D eigenvalue weighted by Gasteiger charge is 2.34. The van der Waals surface area contributed by atoms with Gasteiger partial charge in [-0.05, 0) is 45.4 Å². The third-order valence-corrected chi connectivity index (χ3v) is 5.88. The normalized spacial score (nSPS) is 28.1. The number of nitrogens with zero attached hydrogens (tertiary/aromatic N) is 2. The van der Waals surface area contributed by atoms with Crippen molar-refractivity contribution in [3.63, 3.8) is 0 Å².